The molecule has 0 unspecified atom stereocenters. The molecule has 0 fully saturated rings. The van der Waals surface area contributed by atoms with Crippen molar-refractivity contribution in [2.75, 3.05) is 7.05 Å². The van der Waals surface area contributed by atoms with Crippen LogP contribution in [0.1, 0.15) is 47.9 Å². The summed E-state index contributed by atoms with van der Waals surface area (Å²) in [6.45, 7) is 1.45. The van der Waals surface area contributed by atoms with Crippen molar-refractivity contribution in [3.8, 4) is 11.1 Å². The zero-order valence-electron chi connectivity index (χ0n) is 22.7. The molecular weight excluding hydrogens is 516 g/mol. The van der Waals surface area contributed by atoms with Gasteiger partial charge in [0.05, 0.1) is 5.52 Å². The lowest BCUT2D eigenvalue weighted by atomic mass is 10.0. The maximum Gasteiger partial charge on any atom is 0.272 e. The molecule has 0 saturated heterocycles. The highest BCUT2D eigenvalue weighted by atomic mass is 16.2. The fourth-order valence-corrected chi connectivity index (χ4v) is 5.15. The number of fused-ring (bicyclic) bond motifs is 2. The molecule has 3 aromatic carbocycles. The highest BCUT2D eigenvalue weighted by molar-refractivity contribution is 6.06. The van der Waals surface area contributed by atoms with Gasteiger partial charge in [-0.2, -0.15) is 5.10 Å². The molecule has 0 aliphatic carbocycles. The maximum absolute atomic E-state index is 13.1. The minimum absolute atomic E-state index is 0.0160. The standard InChI is InChI=1S/C32H28N6O3/c1-33-30(39)22-5-3-20(4-6-22)16-35-31(40)29-27-15-24(11-12-28(27)37(2)36-29)21-7-9-23(10-8-21)32(41)38-18-25-13-14-34-17-26(25)19-38/h3-15,17H,16,18-19H2,1-2H3,(H,33,39)(H,35,40). The summed E-state index contributed by atoms with van der Waals surface area (Å²) >= 11 is 0. The first-order valence-corrected chi connectivity index (χ1v) is 13.3. The molecule has 2 aromatic heterocycles. The van der Waals surface area contributed by atoms with E-state index in [1.807, 2.05) is 78.8 Å². The summed E-state index contributed by atoms with van der Waals surface area (Å²) in [5.41, 5.74) is 7.30. The molecule has 9 heteroatoms. The van der Waals surface area contributed by atoms with Gasteiger partial charge in [0.15, 0.2) is 5.69 Å². The fraction of sp³-hybridized carbons (Fsp3) is 0.156. The van der Waals surface area contributed by atoms with Crippen molar-refractivity contribution in [1.29, 1.82) is 0 Å². The third-order valence-electron chi connectivity index (χ3n) is 7.44. The predicted molar refractivity (Wildman–Crippen MR) is 155 cm³/mol. The monoisotopic (exact) mass is 544 g/mol. The quantitative estimate of drug-likeness (QED) is 0.335. The number of carbonyl (C=O) groups excluding carboxylic acids is 3. The summed E-state index contributed by atoms with van der Waals surface area (Å²) in [7, 11) is 3.39. The second kappa shape index (κ2) is 10.7. The third-order valence-corrected chi connectivity index (χ3v) is 7.44. The molecule has 9 nitrogen and oxygen atoms in total. The summed E-state index contributed by atoms with van der Waals surface area (Å²) in [5.74, 6) is -0.462. The number of hydrogen-bond donors (Lipinski definition) is 2. The van der Waals surface area contributed by atoms with E-state index in [9.17, 15) is 14.4 Å². The second-order valence-electron chi connectivity index (χ2n) is 10.0. The number of hydrogen-bond acceptors (Lipinski definition) is 5. The maximum atomic E-state index is 13.1. The molecule has 2 N–H and O–H groups in total. The van der Waals surface area contributed by atoms with Crippen LogP contribution < -0.4 is 10.6 Å². The minimum atomic E-state index is -0.286. The van der Waals surface area contributed by atoms with Gasteiger partial charge in [-0.15, -0.1) is 0 Å². The number of nitrogens with one attached hydrogen (secondary N) is 2. The normalized spacial score (nSPS) is 12.3. The van der Waals surface area contributed by atoms with Gasteiger partial charge >= 0.3 is 0 Å². The average Bonchev–Trinajstić information content (AvgIpc) is 3.60. The lowest BCUT2D eigenvalue weighted by molar-refractivity contribution is 0.0751. The van der Waals surface area contributed by atoms with Crippen molar-refractivity contribution in [3.63, 3.8) is 0 Å². The molecular formula is C32H28N6O3. The first kappa shape index (κ1) is 25.9. The highest BCUT2D eigenvalue weighted by Crippen LogP contribution is 2.28. The van der Waals surface area contributed by atoms with Crippen molar-refractivity contribution >= 4 is 28.6 Å². The first-order valence-electron chi connectivity index (χ1n) is 13.3. The van der Waals surface area contributed by atoms with Crippen LogP contribution in [-0.4, -0.2) is 44.4 Å². The summed E-state index contributed by atoms with van der Waals surface area (Å²) in [6.07, 6.45) is 3.57. The van der Waals surface area contributed by atoms with E-state index in [2.05, 4.69) is 20.7 Å². The topological polar surface area (TPSA) is 109 Å². The summed E-state index contributed by atoms with van der Waals surface area (Å²) in [6, 6.07) is 22.5. The van der Waals surface area contributed by atoms with Gasteiger partial charge in [-0.1, -0.05) is 30.3 Å². The van der Waals surface area contributed by atoms with E-state index in [-0.39, 0.29) is 17.7 Å². The van der Waals surface area contributed by atoms with Gasteiger partial charge in [0.2, 0.25) is 0 Å². The molecule has 3 amide bonds. The van der Waals surface area contributed by atoms with Crippen molar-refractivity contribution in [2.45, 2.75) is 19.6 Å². The molecule has 1 aliphatic heterocycles. The zero-order chi connectivity index (χ0) is 28.5. The van der Waals surface area contributed by atoms with E-state index in [0.717, 1.165) is 38.7 Å². The van der Waals surface area contributed by atoms with Crippen LogP contribution in [0, 0.1) is 0 Å². The van der Waals surface area contributed by atoms with Gasteiger partial charge in [0, 0.05) is 62.6 Å². The highest BCUT2D eigenvalue weighted by Gasteiger charge is 2.24. The molecule has 6 rings (SSSR count). The SMILES string of the molecule is CNC(=O)c1ccc(CNC(=O)c2nn(C)c3ccc(-c4ccc(C(=O)N5Cc6ccncc6C5)cc4)cc23)cc1. The van der Waals surface area contributed by atoms with Crippen LogP contribution in [0.5, 0.6) is 0 Å². The largest absolute Gasteiger partial charge is 0.355 e. The molecule has 1 aliphatic rings. The third kappa shape index (κ3) is 5.05. The van der Waals surface area contributed by atoms with E-state index < -0.39 is 0 Å². The van der Waals surface area contributed by atoms with Crippen LogP contribution in [0.3, 0.4) is 0 Å². The van der Waals surface area contributed by atoms with Crippen molar-refractivity contribution < 1.29 is 14.4 Å². The minimum Gasteiger partial charge on any atom is -0.355 e. The lowest BCUT2D eigenvalue weighted by Gasteiger charge is -2.15. The molecule has 3 heterocycles. The number of rotatable bonds is 6. The molecule has 41 heavy (non-hydrogen) atoms. The number of aryl methyl sites for hydroxylation is 1. The Labute approximate surface area is 236 Å². The lowest BCUT2D eigenvalue weighted by Crippen LogP contribution is -2.25. The van der Waals surface area contributed by atoms with Gasteiger partial charge in [-0.3, -0.25) is 24.0 Å². The second-order valence-corrected chi connectivity index (χ2v) is 10.0. The van der Waals surface area contributed by atoms with E-state index in [0.29, 0.717) is 36.5 Å². The van der Waals surface area contributed by atoms with E-state index >= 15 is 0 Å². The molecule has 0 saturated carbocycles. The molecule has 0 radical (unpaired) electrons. The number of pyridine rings is 1. The number of benzene rings is 3. The van der Waals surface area contributed by atoms with Gasteiger partial charge in [-0.25, -0.2) is 0 Å². The van der Waals surface area contributed by atoms with Gasteiger partial charge < -0.3 is 15.5 Å². The van der Waals surface area contributed by atoms with Crippen molar-refractivity contribution in [3.05, 3.63) is 119 Å². The number of nitrogens with zero attached hydrogens (tertiary/aromatic N) is 4. The Bertz CT molecular complexity index is 1770. The van der Waals surface area contributed by atoms with E-state index in [1.165, 1.54) is 0 Å². The summed E-state index contributed by atoms with van der Waals surface area (Å²) in [4.78, 5) is 44.0. The summed E-state index contributed by atoms with van der Waals surface area (Å²) in [5, 5.41) is 10.7. The Balaban J connectivity index is 1.18. The number of amides is 3. The van der Waals surface area contributed by atoms with Crippen LogP contribution in [0.15, 0.2) is 85.2 Å². The Morgan fingerprint density at radius 3 is 2.27 bits per heavy atom. The molecule has 0 atom stereocenters. The van der Waals surface area contributed by atoms with Crippen LogP contribution in [-0.2, 0) is 26.7 Å². The Hall–Kier alpha value is -5.31. The Morgan fingerprint density at radius 1 is 0.829 bits per heavy atom. The molecule has 204 valence electrons. The van der Waals surface area contributed by atoms with Crippen LogP contribution in [0.4, 0.5) is 0 Å². The van der Waals surface area contributed by atoms with E-state index in [4.69, 9.17) is 0 Å². The van der Waals surface area contributed by atoms with Crippen molar-refractivity contribution in [1.82, 2.24) is 30.3 Å². The molecule has 5 aromatic rings. The summed E-state index contributed by atoms with van der Waals surface area (Å²) < 4.78 is 1.69. The van der Waals surface area contributed by atoms with Gasteiger partial charge in [-0.05, 0) is 70.3 Å². The fourth-order valence-electron chi connectivity index (χ4n) is 5.15. The zero-order valence-corrected chi connectivity index (χ0v) is 22.7. The number of carbonyl (C=O) groups is 3. The smallest absolute Gasteiger partial charge is 0.272 e. The Kier molecular flexibility index (Phi) is 6.76. The van der Waals surface area contributed by atoms with Crippen LogP contribution in [0.25, 0.3) is 22.0 Å². The predicted octanol–water partition coefficient (Wildman–Crippen LogP) is 4.08. The average molecular weight is 545 g/mol. The molecule has 0 bridgehead atoms. The van der Waals surface area contributed by atoms with E-state index in [1.54, 1.807) is 30.1 Å². The Morgan fingerprint density at radius 2 is 1.54 bits per heavy atom. The number of aromatic nitrogens is 3. The van der Waals surface area contributed by atoms with Gasteiger partial charge in [0.1, 0.15) is 0 Å². The van der Waals surface area contributed by atoms with Crippen LogP contribution >= 0.6 is 0 Å². The first-order chi connectivity index (χ1) is 19.9. The molecule has 0 spiro atoms. The van der Waals surface area contributed by atoms with Gasteiger partial charge in [0.25, 0.3) is 17.7 Å². The van der Waals surface area contributed by atoms with Crippen molar-refractivity contribution in [2.24, 2.45) is 7.05 Å². The van der Waals surface area contributed by atoms with Crippen LogP contribution in [0.2, 0.25) is 0 Å².